The molecule has 1 amide bonds. The number of carbonyl (C=O) groups excluding carboxylic acids is 1. The summed E-state index contributed by atoms with van der Waals surface area (Å²) in [4.78, 5) is 12.7. The fourth-order valence-electron chi connectivity index (χ4n) is 2.38. The fraction of sp³-hybridized carbons (Fsp3) is 0.0526. The molecule has 144 valence electrons. The number of thiocarbonyl (C=S) groups is 1. The molecule has 9 heteroatoms. The van der Waals surface area contributed by atoms with Crippen LogP contribution in [0.3, 0.4) is 0 Å². The molecule has 0 radical (unpaired) electrons. The van der Waals surface area contributed by atoms with Gasteiger partial charge in [-0.25, -0.2) is 8.42 Å². The van der Waals surface area contributed by atoms with E-state index in [0.717, 1.165) is 0 Å². The number of anilines is 2. The molecule has 0 saturated heterocycles. The van der Waals surface area contributed by atoms with Crippen LogP contribution in [0, 0.1) is 0 Å². The van der Waals surface area contributed by atoms with E-state index in [9.17, 15) is 13.2 Å². The average molecular weight is 432 g/mol. The number of nitrogens with one attached hydrogen (secondary N) is 2. The van der Waals surface area contributed by atoms with Crippen molar-refractivity contribution in [2.24, 2.45) is 0 Å². The van der Waals surface area contributed by atoms with Gasteiger partial charge in [-0.05, 0) is 60.1 Å². The SMILES string of the molecule is CN(c1ccccc1)S(=O)(=O)c1ccc(NC(=S)NC(=O)c2cccs2)cc1. The van der Waals surface area contributed by atoms with Crippen molar-refractivity contribution in [1.82, 2.24) is 5.32 Å². The van der Waals surface area contributed by atoms with Gasteiger partial charge in [0.1, 0.15) is 0 Å². The van der Waals surface area contributed by atoms with Crippen LogP contribution < -0.4 is 14.9 Å². The van der Waals surface area contributed by atoms with E-state index in [4.69, 9.17) is 12.2 Å². The van der Waals surface area contributed by atoms with Crippen LogP contribution in [-0.2, 0) is 10.0 Å². The predicted molar refractivity (Wildman–Crippen MR) is 116 cm³/mol. The summed E-state index contributed by atoms with van der Waals surface area (Å²) in [5.74, 6) is -0.295. The van der Waals surface area contributed by atoms with Gasteiger partial charge < -0.3 is 5.32 Å². The van der Waals surface area contributed by atoms with E-state index in [2.05, 4.69) is 10.6 Å². The maximum absolute atomic E-state index is 12.8. The Bertz CT molecular complexity index is 1060. The van der Waals surface area contributed by atoms with Crippen molar-refractivity contribution in [3.05, 3.63) is 77.0 Å². The second kappa shape index (κ2) is 8.51. The normalized spacial score (nSPS) is 10.9. The maximum atomic E-state index is 12.8. The van der Waals surface area contributed by atoms with Gasteiger partial charge in [0, 0.05) is 12.7 Å². The Morgan fingerprint density at radius 1 is 1.00 bits per heavy atom. The molecule has 0 aliphatic carbocycles. The second-order valence-electron chi connectivity index (χ2n) is 5.72. The zero-order valence-electron chi connectivity index (χ0n) is 14.8. The molecule has 1 aromatic heterocycles. The van der Waals surface area contributed by atoms with Crippen molar-refractivity contribution >= 4 is 56.0 Å². The third-order valence-electron chi connectivity index (χ3n) is 3.86. The van der Waals surface area contributed by atoms with E-state index in [1.165, 1.54) is 34.8 Å². The topological polar surface area (TPSA) is 78.5 Å². The molecule has 0 atom stereocenters. The van der Waals surface area contributed by atoms with E-state index in [-0.39, 0.29) is 15.9 Å². The number of sulfonamides is 1. The molecule has 0 spiro atoms. The first-order valence-electron chi connectivity index (χ1n) is 8.18. The Balaban J connectivity index is 1.67. The van der Waals surface area contributed by atoms with Crippen molar-refractivity contribution in [3.8, 4) is 0 Å². The van der Waals surface area contributed by atoms with Crippen LogP contribution in [0.25, 0.3) is 0 Å². The lowest BCUT2D eigenvalue weighted by Crippen LogP contribution is -2.33. The molecule has 1 heterocycles. The number of amides is 1. The summed E-state index contributed by atoms with van der Waals surface area (Å²) in [5, 5.41) is 7.39. The summed E-state index contributed by atoms with van der Waals surface area (Å²) < 4.78 is 26.8. The monoisotopic (exact) mass is 431 g/mol. The summed E-state index contributed by atoms with van der Waals surface area (Å²) >= 11 is 6.45. The lowest BCUT2D eigenvalue weighted by atomic mass is 10.3. The number of rotatable bonds is 5. The lowest BCUT2D eigenvalue weighted by molar-refractivity contribution is 0.0981. The fourth-order valence-corrected chi connectivity index (χ4v) is 4.40. The number of nitrogens with zero attached hydrogens (tertiary/aromatic N) is 1. The van der Waals surface area contributed by atoms with Crippen molar-refractivity contribution in [3.63, 3.8) is 0 Å². The molecule has 28 heavy (non-hydrogen) atoms. The highest BCUT2D eigenvalue weighted by Crippen LogP contribution is 2.22. The molecule has 0 unspecified atom stereocenters. The minimum Gasteiger partial charge on any atom is -0.332 e. The van der Waals surface area contributed by atoms with Crippen molar-refractivity contribution in [2.45, 2.75) is 4.90 Å². The first-order chi connectivity index (χ1) is 13.4. The summed E-state index contributed by atoms with van der Waals surface area (Å²) in [6.45, 7) is 0. The van der Waals surface area contributed by atoms with Gasteiger partial charge in [0.25, 0.3) is 15.9 Å². The quantitative estimate of drug-likeness (QED) is 0.602. The Morgan fingerprint density at radius 3 is 2.29 bits per heavy atom. The van der Waals surface area contributed by atoms with E-state index in [1.54, 1.807) is 53.9 Å². The van der Waals surface area contributed by atoms with Crippen LogP contribution in [0.15, 0.2) is 77.0 Å². The largest absolute Gasteiger partial charge is 0.332 e. The van der Waals surface area contributed by atoms with Gasteiger partial charge >= 0.3 is 0 Å². The molecular formula is C19H17N3O3S3. The number of hydrogen-bond acceptors (Lipinski definition) is 5. The highest BCUT2D eigenvalue weighted by molar-refractivity contribution is 7.92. The van der Waals surface area contributed by atoms with Gasteiger partial charge in [-0.15, -0.1) is 11.3 Å². The van der Waals surface area contributed by atoms with E-state index >= 15 is 0 Å². The lowest BCUT2D eigenvalue weighted by Gasteiger charge is -2.19. The number of benzene rings is 2. The van der Waals surface area contributed by atoms with Crippen LogP contribution in [0.1, 0.15) is 9.67 Å². The molecule has 0 saturated carbocycles. The van der Waals surface area contributed by atoms with Crippen molar-refractivity contribution in [2.75, 3.05) is 16.7 Å². The highest BCUT2D eigenvalue weighted by atomic mass is 32.2. The number of para-hydroxylation sites is 1. The summed E-state index contributed by atoms with van der Waals surface area (Å²) in [7, 11) is -2.18. The van der Waals surface area contributed by atoms with Gasteiger partial charge in [0.05, 0.1) is 15.5 Å². The van der Waals surface area contributed by atoms with E-state index in [0.29, 0.717) is 16.3 Å². The molecule has 2 N–H and O–H groups in total. The third kappa shape index (κ3) is 4.56. The first kappa shape index (κ1) is 20.0. The molecule has 3 rings (SSSR count). The Morgan fingerprint density at radius 2 is 1.68 bits per heavy atom. The van der Waals surface area contributed by atoms with Crippen LogP contribution in [0.4, 0.5) is 11.4 Å². The van der Waals surface area contributed by atoms with Gasteiger partial charge in [-0.1, -0.05) is 24.3 Å². The van der Waals surface area contributed by atoms with Crippen LogP contribution in [0.2, 0.25) is 0 Å². The van der Waals surface area contributed by atoms with Crippen LogP contribution >= 0.6 is 23.6 Å². The maximum Gasteiger partial charge on any atom is 0.267 e. The van der Waals surface area contributed by atoms with Gasteiger partial charge in [-0.3, -0.25) is 14.4 Å². The molecule has 0 fully saturated rings. The molecule has 3 aromatic rings. The van der Waals surface area contributed by atoms with Crippen LogP contribution in [-0.4, -0.2) is 26.5 Å². The van der Waals surface area contributed by atoms with Crippen molar-refractivity contribution in [1.29, 1.82) is 0 Å². The summed E-state index contributed by atoms with van der Waals surface area (Å²) in [6.07, 6.45) is 0. The van der Waals surface area contributed by atoms with Crippen LogP contribution in [0.5, 0.6) is 0 Å². The van der Waals surface area contributed by atoms with Gasteiger partial charge in [0.15, 0.2) is 5.11 Å². The second-order valence-corrected chi connectivity index (χ2v) is 9.04. The third-order valence-corrected chi connectivity index (χ3v) is 6.73. The summed E-state index contributed by atoms with van der Waals surface area (Å²) in [5.41, 5.74) is 1.14. The zero-order chi connectivity index (χ0) is 20.1. The number of carbonyl (C=O) groups is 1. The van der Waals surface area contributed by atoms with E-state index < -0.39 is 10.0 Å². The van der Waals surface area contributed by atoms with Gasteiger partial charge in [0.2, 0.25) is 0 Å². The molecule has 0 aliphatic heterocycles. The number of hydrogen-bond donors (Lipinski definition) is 2. The first-order valence-corrected chi connectivity index (χ1v) is 10.9. The van der Waals surface area contributed by atoms with Crippen molar-refractivity contribution < 1.29 is 13.2 Å². The highest BCUT2D eigenvalue weighted by Gasteiger charge is 2.21. The van der Waals surface area contributed by atoms with Gasteiger partial charge in [-0.2, -0.15) is 0 Å². The molecule has 0 aliphatic rings. The Hall–Kier alpha value is -2.75. The molecule has 2 aromatic carbocycles. The average Bonchev–Trinajstić information content (AvgIpc) is 3.23. The number of thiophene rings is 1. The smallest absolute Gasteiger partial charge is 0.267 e. The molecular weight excluding hydrogens is 414 g/mol. The standard InChI is InChI=1S/C19H17N3O3S3/c1-22(15-6-3-2-4-7-15)28(24,25)16-11-9-14(10-12-16)20-19(26)21-18(23)17-8-5-13-27-17/h2-13H,1H3,(H2,20,21,23,26). The molecule has 6 nitrogen and oxygen atoms in total. The molecule has 0 bridgehead atoms. The zero-order valence-corrected chi connectivity index (χ0v) is 17.3. The minimum absolute atomic E-state index is 0.135. The summed E-state index contributed by atoms with van der Waals surface area (Å²) in [6, 6.07) is 18.5. The Labute approximate surface area is 172 Å². The van der Waals surface area contributed by atoms with E-state index in [1.807, 2.05) is 6.07 Å². The predicted octanol–water partition coefficient (Wildman–Crippen LogP) is 3.70. The minimum atomic E-state index is -3.68. The Kier molecular flexibility index (Phi) is 6.08.